The number of amides is 1. The van der Waals surface area contributed by atoms with Crippen molar-refractivity contribution in [3.05, 3.63) is 51.2 Å². The zero-order valence-corrected chi connectivity index (χ0v) is 22.5. The molecule has 0 aliphatic heterocycles. The van der Waals surface area contributed by atoms with Gasteiger partial charge in [-0.05, 0) is 81.7 Å². The number of nitrogens with zero attached hydrogens (tertiary/aromatic N) is 4. The second kappa shape index (κ2) is 10.8. The molecule has 0 saturated carbocycles. The quantitative estimate of drug-likeness (QED) is 0.383. The van der Waals surface area contributed by atoms with Crippen LogP contribution in [0, 0.1) is 31.1 Å². The van der Waals surface area contributed by atoms with E-state index in [1.807, 2.05) is 44.4 Å². The minimum atomic E-state index is -0.287. The summed E-state index contributed by atoms with van der Waals surface area (Å²) >= 11 is 2.89. The van der Waals surface area contributed by atoms with Crippen LogP contribution in [0.25, 0.3) is 0 Å². The lowest BCUT2D eigenvalue weighted by atomic mass is 9.89. The normalized spacial score (nSPS) is 15.8. The van der Waals surface area contributed by atoms with Crippen LogP contribution in [0.3, 0.4) is 0 Å². The van der Waals surface area contributed by atoms with E-state index in [0.29, 0.717) is 28.2 Å². The summed E-state index contributed by atoms with van der Waals surface area (Å²) in [6, 6.07) is 8.43. The van der Waals surface area contributed by atoms with Crippen molar-refractivity contribution in [3.8, 4) is 11.8 Å². The van der Waals surface area contributed by atoms with Crippen LogP contribution >= 0.6 is 23.1 Å². The van der Waals surface area contributed by atoms with Crippen molar-refractivity contribution in [2.45, 2.75) is 71.7 Å². The molecule has 184 valence electrons. The molecule has 1 amide bonds. The highest BCUT2D eigenvalue weighted by molar-refractivity contribution is 7.99. The Labute approximate surface area is 214 Å². The number of nitriles is 1. The van der Waals surface area contributed by atoms with Gasteiger partial charge in [0, 0.05) is 11.4 Å². The molecule has 3 aromatic rings. The Morgan fingerprint density at radius 2 is 2.09 bits per heavy atom. The number of rotatable bonds is 8. The Hall–Kier alpha value is -2.83. The molecule has 1 N–H and O–H groups in total. The van der Waals surface area contributed by atoms with Gasteiger partial charge < -0.3 is 14.6 Å². The summed E-state index contributed by atoms with van der Waals surface area (Å²) in [6.07, 6.45) is 2.68. The number of aryl methyl sites for hydroxylation is 2. The smallest absolute Gasteiger partial charge is 0.235 e. The number of hydrogen-bond acceptors (Lipinski definition) is 7. The zero-order chi connectivity index (χ0) is 25.1. The molecule has 2 unspecified atom stereocenters. The molecule has 0 radical (unpaired) electrons. The van der Waals surface area contributed by atoms with Crippen LogP contribution in [0.1, 0.15) is 66.3 Å². The first kappa shape index (κ1) is 25.3. The van der Waals surface area contributed by atoms with Gasteiger partial charge in [0.2, 0.25) is 5.91 Å². The first-order valence-corrected chi connectivity index (χ1v) is 13.7. The Morgan fingerprint density at radius 1 is 1.34 bits per heavy atom. The number of carbonyl (C=O) groups excluding carboxylic acids is 1. The van der Waals surface area contributed by atoms with Crippen LogP contribution in [0.15, 0.2) is 23.4 Å². The summed E-state index contributed by atoms with van der Waals surface area (Å²) < 4.78 is 8.14. The fraction of sp³-hybridized carbons (Fsp3) is 0.462. The molecule has 0 bridgehead atoms. The first-order valence-electron chi connectivity index (χ1n) is 11.9. The van der Waals surface area contributed by atoms with Crippen molar-refractivity contribution >= 4 is 34.0 Å². The van der Waals surface area contributed by atoms with Crippen molar-refractivity contribution in [2.24, 2.45) is 5.92 Å². The number of thioether (sulfide) groups is 1. The van der Waals surface area contributed by atoms with Crippen molar-refractivity contribution < 1.29 is 9.53 Å². The van der Waals surface area contributed by atoms with E-state index in [0.717, 1.165) is 47.5 Å². The van der Waals surface area contributed by atoms with Gasteiger partial charge in [-0.25, -0.2) is 0 Å². The van der Waals surface area contributed by atoms with Gasteiger partial charge in [0.15, 0.2) is 17.1 Å². The average Bonchev–Trinajstić information content (AvgIpc) is 3.36. The van der Waals surface area contributed by atoms with E-state index in [2.05, 4.69) is 34.6 Å². The molecule has 2 atom stereocenters. The lowest BCUT2D eigenvalue weighted by Crippen LogP contribution is -2.15. The molecule has 7 nitrogen and oxygen atoms in total. The number of ether oxygens (including phenoxy) is 1. The lowest BCUT2D eigenvalue weighted by Gasteiger charge is -2.17. The predicted molar refractivity (Wildman–Crippen MR) is 140 cm³/mol. The Bertz CT molecular complexity index is 1250. The van der Waals surface area contributed by atoms with Gasteiger partial charge in [-0.1, -0.05) is 24.8 Å². The van der Waals surface area contributed by atoms with Crippen molar-refractivity contribution in [1.29, 1.82) is 5.26 Å². The number of fused-ring (bicyclic) bond motifs is 1. The van der Waals surface area contributed by atoms with Gasteiger partial charge in [0.05, 0.1) is 11.3 Å². The van der Waals surface area contributed by atoms with Gasteiger partial charge >= 0.3 is 0 Å². The van der Waals surface area contributed by atoms with Gasteiger partial charge in [-0.3, -0.25) is 4.79 Å². The Morgan fingerprint density at radius 3 is 2.77 bits per heavy atom. The minimum Gasteiger partial charge on any atom is -0.483 e. The van der Waals surface area contributed by atoms with Gasteiger partial charge in [0.1, 0.15) is 16.8 Å². The van der Waals surface area contributed by atoms with Crippen LogP contribution in [-0.2, 0) is 24.2 Å². The first-order chi connectivity index (χ1) is 16.8. The highest BCUT2D eigenvalue weighted by Gasteiger charge is 2.25. The fourth-order valence-corrected chi connectivity index (χ4v) is 6.70. The second-order valence-corrected chi connectivity index (χ2v) is 11.2. The second-order valence-electron chi connectivity index (χ2n) is 9.17. The monoisotopic (exact) mass is 509 g/mol. The summed E-state index contributed by atoms with van der Waals surface area (Å²) in [4.78, 5) is 14.0. The van der Waals surface area contributed by atoms with E-state index >= 15 is 0 Å². The van der Waals surface area contributed by atoms with E-state index in [1.54, 1.807) is 11.3 Å². The highest BCUT2D eigenvalue weighted by Crippen LogP contribution is 2.39. The zero-order valence-electron chi connectivity index (χ0n) is 20.8. The van der Waals surface area contributed by atoms with Crippen LogP contribution in [-0.4, -0.2) is 26.4 Å². The third-order valence-corrected chi connectivity index (χ3v) is 8.28. The van der Waals surface area contributed by atoms with Gasteiger partial charge in [0.25, 0.3) is 0 Å². The maximum atomic E-state index is 12.8. The number of hydrogen-bond donors (Lipinski definition) is 1. The number of benzene rings is 1. The number of thiophene rings is 1. The SMILES string of the molecule is CCn1c(SCC(=O)Nc2sc3c(c2C#N)CCC(C)C3)nnc1C(C)Oc1cc(C)cc(C)c1. The molecule has 0 fully saturated rings. The average molecular weight is 510 g/mol. The third kappa shape index (κ3) is 5.71. The predicted octanol–water partition coefficient (Wildman–Crippen LogP) is 5.84. The minimum absolute atomic E-state index is 0.148. The van der Waals surface area contributed by atoms with Crippen molar-refractivity contribution in [3.63, 3.8) is 0 Å². The largest absolute Gasteiger partial charge is 0.483 e. The van der Waals surface area contributed by atoms with Crippen LogP contribution in [0.4, 0.5) is 5.00 Å². The van der Waals surface area contributed by atoms with E-state index in [9.17, 15) is 10.1 Å². The topological polar surface area (TPSA) is 92.8 Å². The molecule has 35 heavy (non-hydrogen) atoms. The van der Waals surface area contributed by atoms with Crippen LogP contribution in [0.5, 0.6) is 5.75 Å². The fourth-order valence-electron chi connectivity index (χ4n) is 4.51. The number of nitrogens with one attached hydrogen (secondary N) is 1. The molecule has 0 saturated heterocycles. The summed E-state index contributed by atoms with van der Waals surface area (Å²) in [6.45, 7) is 11.0. The number of anilines is 1. The highest BCUT2D eigenvalue weighted by atomic mass is 32.2. The van der Waals surface area contributed by atoms with E-state index in [1.165, 1.54) is 16.6 Å². The molecule has 2 heterocycles. The van der Waals surface area contributed by atoms with E-state index in [4.69, 9.17) is 4.74 Å². The standard InChI is InChI=1S/C26H31N5O2S2/c1-6-31-24(18(5)33-19-10-16(3)9-17(4)11-19)29-30-26(31)34-14-23(32)28-25-21(13-27)20-8-7-15(2)12-22(20)35-25/h9-11,15,18H,6-8,12,14H2,1-5H3,(H,28,32). The van der Waals surface area contributed by atoms with Gasteiger partial charge in [-0.15, -0.1) is 21.5 Å². The third-order valence-electron chi connectivity index (χ3n) is 6.14. The van der Waals surface area contributed by atoms with Gasteiger partial charge in [-0.2, -0.15) is 5.26 Å². The Balaban J connectivity index is 1.41. The molecule has 0 spiro atoms. The summed E-state index contributed by atoms with van der Waals surface area (Å²) in [5.41, 5.74) is 4.04. The number of aromatic nitrogens is 3. The van der Waals surface area contributed by atoms with Crippen LogP contribution in [0.2, 0.25) is 0 Å². The van der Waals surface area contributed by atoms with E-state index < -0.39 is 0 Å². The lowest BCUT2D eigenvalue weighted by molar-refractivity contribution is -0.113. The number of carbonyl (C=O) groups is 1. The molecule has 1 aromatic carbocycles. The maximum Gasteiger partial charge on any atom is 0.235 e. The summed E-state index contributed by atoms with van der Waals surface area (Å²) in [7, 11) is 0. The Kier molecular flexibility index (Phi) is 7.82. The molecule has 1 aliphatic rings. The van der Waals surface area contributed by atoms with Crippen LogP contribution < -0.4 is 10.1 Å². The van der Waals surface area contributed by atoms with Crippen molar-refractivity contribution in [2.75, 3.05) is 11.1 Å². The van der Waals surface area contributed by atoms with Crippen molar-refractivity contribution in [1.82, 2.24) is 14.8 Å². The summed E-state index contributed by atoms with van der Waals surface area (Å²) in [5, 5.41) is 22.7. The molecular formula is C26H31N5O2S2. The molecule has 4 rings (SSSR count). The maximum absolute atomic E-state index is 12.8. The van der Waals surface area contributed by atoms with E-state index in [-0.39, 0.29) is 17.8 Å². The molecular weight excluding hydrogens is 478 g/mol. The molecule has 9 heteroatoms. The molecule has 1 aliphatic carbocycles. The summed E-state index contributed by atoms with van der Waals surface area (Å²) in [5.74, 6) is 2.18. The molecule has 2 aromatic heterocycles.